The molecule has 0 spiro atoms. The highest BCUT2D eigenvalue weighted by molar-refractivity contribution is 7.47. The van der Waals surface area contributed by atoms with Crippen LogP contribution >= 0.6 is 7.82 Å². The molecule has 0 rings (SSSR count). The molecule has 0 aromatic rings. The minimum absolute atomic E-state index is 0.0539. The summed E-state index contributed by atoms with van der Waals surface area (Å²) >= 11 is 0. The van der Waals surface area contributed by atoms with E-state index in [0.717, 1.165) is 51.4 Å². The molecule has 3 unspecified atom stereocenters. The third kappa shape index (κ3) is 61.8. The van der Waals surface area contributed by atoms with Crippen LogP contribution in [0.25, 0.3) is 0 Å². The summed E-state index contributed by atoms with van der Waals surface area (Å²) in [5.41, 5.74) is 0. The van der Waals surface area contributed by atoms with Crippen LogP contribution in [0.15, 0.2) is 60.8 Å². The summed E-state index contributed by atoms with van der Waals surface area (Å²) in [6.45, 7) is 4.81. The molecule has 0 fully saturated rings. The second kappa shape index (κ2) is 59.8. The zero-order valence-corrected chi connectivity index (χ0v) is 53.3. The lowest BCUT2D eigenvalue weighted by Gasteiger charge is -2.25. The van der Waals surface area contributed by atoms with Gasteiger partial charge in [0, 0.05) is 6.42 Å². The number of aliphatic hydroxyl groups is 1. The highest BCUT2D eigenvalue weighted by atomic mass is 31.2. The topological polar surface area (TPSA) is 105 Å². The average Bonchev–Trinajstić information content (AvgIpc) is 3.41. The fourth-order valence-corrected chi connectivity index (χ4v) is 10.7. The van der Waals surface area contributed by atoms with Crippen molar-refractivity contribution in [3.8, 4) is 0 Å². The number of aliphatic hydroxyl groups excluding tert-OH is 1. The van der Waals surface area contributed by atoms with E-state index in [1.54, 1.807) is 6.08 Å². The number of nitrogens with zero attached hydrogens (tertiary/aromatic N) is 1. The minimum atomic E-state index is -4.36. The molecule has 1 amide bonds. The third-order valence-electron chi connectivity index (χ3n) is 15.2. The number of phosphoric acid groups is 1. The predicted molar refractivity (Wildman–Crippen MR) is 341 cm³/mol. The number of carbonyl (C=O) groups is 1. The van der Waals surface area contributed by atoms with Crippen LogP contribution < -0.4 is 5.32 Å². The number of likely N-dealkylation sites (N-methyl/N-ethyl adjacent to an activating group) is 1. The van der Waals surface area contributed by atoms with E-state index >= 15 is 0 Å². The third-order valence-corrected chi connectivity index (χ3v) is 16.2. The zero-order chi connectivity index (χ0) is 57.0. The van der Waals surface area contributed by atoms with E-state index < -0.39 is 20.0 Å². The van der Waals surface area contributed by atoms with Gasteiger partial charge in [0.05, 0.1) is 39.9 Å². The van der Waals surface area contributed by atoms with Gasteiger partial charge in [0.25, 0.3) is 0 Å². The number of hydrogen-bond acceptors (Lipinski definition) is 5. The number of quaternary nitrogens is 1. The lowest BCUT2D eigenvalue weighted by atomic mass is 10.0. The van der Waals surface area contributed by atoms with Crippen LogP contribution in [-0.2, 0) is 18.4 Å². The predicted octanol–water partition coefficient (Wildman–Crippen LogP) is 21.2. The number of hydrogen-bond donors (Lipinski definition) is 3. The summed E-state index contributed by atoms with van der Waals surface area (Å²) in [6, 6.07) is -0.870. The van der Waals surface area contributed by atoms with Crippen molar-refractivity contribution in [2.75, 3.05) is 40.9 Å². The SMILES string of the molecule is CCCCCCC/C=C\C/C=C\CCCCCCCCCCCCCCCCCCCCCCCCCCCC(=O)NC(COP(=O)(O)OCC[N+](C)(C)C)C(O)/C=C/CC/C=C/CC/C=C/CCCCCCCCCCC. The lowest BCUT2D eigenvalue weighted by molar-refractivity contribution is -0.870. The first-order valence-corrected chi connectivity index (χ1v) is 35.2. The quantitative estimate of drug-likeness (QED) is 0.0243. The molecule has 8 nitrogen and oxygen atoms in total. The Labute approximate surface area is 485 Å². The molecule has 78 heavy (non-hydrogen) atoms. The van der Waals surface area contributed by atoms with Crippen molar-refractivity contribution in [3.05, 3.63) is 60.8 Å². The van der Waals surface area contributed by atoms with E-state index in [1.165, 1.54) is 250 Å². The van der Waals surface area contributed by atoms with Gasteiger partial charge < -0.3 is 19.8 Å². The summed E-state index contributed by atoms with van der Waals surface area (Å²) in [7, 11) is 1.55. The summed E-state index contributed by atoms with van der Waals surface area (Å²) in [5.74, 6) is -0.186. The van der Waals surface area contributed by atoms with Gasteiger partial charge in [0.15, 0.2) is 0 Å². The molecule has 0 heterocycles. The second-order valence-electron chi connectivity index (χ2n) is 24.2. The van der Waals surface area contributed by atoms with E-state index in [2.05, 4.69) is 67.8 Å². The minimum Gasteiger partial charge on any atom is -0.387 e. The van der Waals surface area contributed by atoms with Gasteiger partial charge in [0.2, 0.25) is 5.91 Å². The number of nitrogens with one attached hydrogen (secondary N) is 1. The van der Waals surface area contributed by atoms with E-state index in [4.69, 9.17) is 9.05 Å². The molecule has 0 bridgehead atoms. The van der Waals surface area contributed by atoms with Gasteiger partial charge in [-0.05, 0) is 77.0 Å². The van der Waals surface area contributed by atoms with Crippen molar-refractivity contribution in [2.24, 2.45) is 0 Å². The Kier molecular flexibility index (Phi) is 58.4. The Balaban J connectivity index is 4.00. The molecule has 0 aliphatic rings. The van der Waals surface area contributed by atoms with Crippen LogP contribution in [-0.4, -0.2) is 73.4 Å². The smallest absolute Gasteiger partial charge is 0.387 e. The summed E-state index contributed by atoms with van der Waals surface area (Å²) in [4.78, 5) is 23.4. The molecule has 3 N–H and O–H groups in total. The van der Waals surface area contributed by atoms with E-state index in [-0.39, 0.29) is 19.1 Å². The number of amides is 1. The summed E-state index contributed by atoms with van der Waals surface area (Å²) in [6.07, 6.45) is 82.3. The van der Waals surface area contributed by atoms with Crippen molar-refractivity contribution >= 4 is 13.7 Å². The Hall–Kier alpha value is -1.80. The number of rotatable bonds is 62. The van der Waals surface area contributed by atoms with Gasteiger partial charge in [-0.1, -0.05) is 299 Å². The van der Waals surface area contributed by atoms with Gasteiger partial charge in [-0.25, -0.2) is 4.57 Å². The molecule has 9 heteroatoms. The van der Waals surface area contributed by atoms with Gasteiger partial charge in [0.1, 0.15) is 13.2 Å². The van der Waals surface area contributed by atoms with E-state index in [9.17, 15) is 19.4 Å². The van der Waals surface area contributed by atoms with Crippen molar-refractivity contribution in [1.29, 1.82) is 0 Å². The number of phosphoric ester groups is 1. The van der Waals surface area contributed by atoms with Crippen LogP contribution in [0, 0.1) is 0 Å². The van der Waals surface area contributed by atoms with Crippen LogP contribution in [0.5, 0.6) is 0 Å². The maximum absolute atomic E-state index is 13.0. The molecular weight excluding hydrogens is 984 g/mol. The van der Waals surface area contributed by atoms with Crippen molar-refractivity contribution in [2.45, 2.75) is 334 Å². The van der Waals surface area contributed by atoms with Crippen LogP contribution in [0.3, 0.4) is 0 Å². The Morgan fingerprint density at radius 2 is 0.744 bits per heavy atom. The standard InChI is InChI=1S/C69H131N2O6P/c1-6-8-10-12-14-16-18-20-22-24-26-27-28-29-30-31-32-33-34-35-36-37-38-39-40-41-42-43-45-47-49-51-53-55-57-59-61-63-69(73)70-67(66-77-78(74,75)76-65-64-71(3,4)5)68(72)62-60-58-56-54-52-50-48-46-44-25-23-21-19-17-15-13-11-9-7-2/h18,20,24,26,44,46,52,54,60,62,67-68,72H,6-17,19,21-23,25,27-43,45,47-51,53,55-59,61,63-66H2,1-5H3,(H-,70,73,74,75)/p+1/b20-18-,26-24-,46-44+,54-52+,62-60+. The second-order valence-corrected chi connectivity index (χ2v) is 25.6. The van der Waals surface area contributed by atoms with Crippen molar-refractivity contribution < 1.29 is 32.9 Å². The Bertz CT molecular complexity index is 1450. The molecule has 0 saturated carbocycles. The molecular formula is C69H132N2O6P+. The van der Waals surface area contributed by atoms with Gasteiger partial charge >= 0.3 is 7.82 Å². The summed E-state index contributed by atoms with van der Waals surface area (Å²) in [5, 5.41) is 13.9. The van der Waals surface area contributed by atoms with E-state index in [0.29, 0.717) is 17.4 Å². The molecule has 458 valence electrons. The molecule has 0 radical (unpaired) electrons. The molecule has 0 aromatic heterocycles. The van der Waals surface area contributed by atoms with Crippen LogP contribution in [0.2, 0.25) is 0 Å². The Morgan fingerprint density at radius 3 is 1.10 bits per heavy atom. The first-order valence-electron chi connectivity index (χ1n) is 33.7. The van der Waals surface area contributed by atoms with Crippen molar-refractivity contribution in [1.82, 2.24) is 5.32 Å². The number of carbonyl (C=O) groups excluding carboxylic acids is 1. The number of allylic oxidation sites excluding steroid dienone is 9. The van der Waals surface area contributed by atoms with Gasteiger partial charge in [-0.2, -0.15) is 0 Å². The zero-order valence-electron chi connectivity index (χ0n) is 52.4. The first-order chi connectivity index (χ1) is 38.0. The van der Waals surface area contributed by atoms with Crippen molar-refractivity contribution in [3.63, 3.8) is 0 Å². The highest BCUT2D eigenvalue weighted by Crippen LogP contribution is 2.43. The maximum atomic E-state index is 13.0. The average molecular weight is 1120 g/mol. The molecule has 0 aromatic carbocycles. The maximum Gasteiger partial charge on any atom is 0.472 e. The van der Waals surface area contributed by atoms with Crippen LogP contribution in [0.4, 0.5) is 0 Å². The highest BCUT2D eigenvalue weighted by Gasteiger charge is 2.28. The first kappa shape index (κ1) is 76.2. The molecule has 3 atom stereocenters. The molecule has 0 aliphatic carbocycles. The lowest BCUT2D eigenvalue weighted by Crippen LogP contribution is -2.45. The molecule has 0 aliphatic heterocycles. The largest absolute Gasteiger partial charge is 0.472 e. The summed E-state index contributed by atoms with van der Waals surface area (Å²) < 4.78 is 23.7. The van der Waals surface area contributed by atoms with Crippen LogP contribution in [0.1, 0.15) is 322 Å². The van der Waals surface area contributed by atoms with Gasteiger partial charge in [-0.15, -0.1) is 0 Å². The fraction of sp³-hybridized carbons (Fsp3) is 0.841. The monoisotopic (exact) mass is 1120 g/mol. The van der Waals surface area contributed by atoms with E-state index in [1.807, 2.05) is 27.2 Å². The fourth-order valence-electron chi connectivity index (χ4n) is 9.93. The Morgan fingerprint density at radius 1 is 0.436 bits per heavy atom. The molecule has 0 saturated heterocycles. The number of unbranched alkanes of at least 4 members (excludes halogenated alkanes) is 41. The normalized spacial score (nSPS) is 14.1. The van der Waals surface area contributed by atoms with Gasteiger partial charge in [-0.3, -0.25) is 13.8 Å².